The van der Waals surface area contributed by atoms with Crippen LogP contribution in [0.2, 0.25) is 0 Å². The van der Waals surface area contributed by atoms with Crippen molar-refractivity contribution in [3.05, 3.63) is 77.5 Å². The van der Waals surface area contributed by atoms with Crippen LogP contribution in [-0.4, -0.2) is 14.3 Å². The summed E-state index contributed by atoms with van der Waals surface area (Å²) >= 11 is 0. The van der Waals surface area contributed by atoms with Gasteiger partial charge in [0.25, 0.3) is 5.91 Å². The van der Waals surface area contributed by atoms with Crippen molar-refractivity contribution in [1.82, 2.24) is 5.32 Å². The molecule has 142 valence electrons. The van der Waals surface area contributed by atoms with Crippen LogP contribution in [0.1, 0.15) is 37.6 Å². The first kappa shape index (κ1) is 20.6. The van der Waals surface area contributed by atoms with E-state index in [9.17, 15) is 13.2 Å². The van der Waals surface area contributed by atoms with Crippen LogP contribution in [0.3, 0.4) is 0 Å². The molecular weight excluding hydrogens is 360 g/mol. The van der Waals surface area contributed by atoms with E-state index in [0.717, 1.165) is 17.7 Å². The first-order valence-corrected chi connectivity index (χ1v) is 10.2. The molecule has 5 nitrogen and oxygen atoms in total. The first-order chi connectivity index (χ1) is 12.7. The molecule has 0 aliphatic carbocycles. The summed E-state index contributed by atoms with van der Waals surface area (Å²) < 4.78 is 23.6. The zero-order valence-electron chi connectivity index (χ0n) is 15.7. The number of sulfonamides is 1. The number of hydrogen-bond acceptors (Lipinski definition) is 3. The molecule has 6 heteroatoms. The molecule has 3 N–H and O–H groups in total. The number of primary sulfonamides is 1. The molecule has 2 aromatic carbocycles. The number of hydrogen-bond donors (Lipinski definition) is 2. The lowest BCUT2D eigenvalue weighted by Gasteiger charge is -2.10. The van der Waals surface area contributed by atoms with Crippen molar-refractivity contribution in [2.45, 2.75) is 32.1 Å². The normalized spacial score (nSPS) is 11.4. The average Bonchev–Trinajstić information content (AvgIpc) is 2.64. The Balaban J connectivity index is 2.30. The molecule has 27 heavy (non-hydrogen) atoms. The maximum Gasteiger partial charge on any atom is 0.255 e. The molecule has 0 unspecified atom stereocenters. The van der Waals surface area contributed by atoms with Gasteiger partial charge in [-0.15, -0.1) is 0 Å². The summed E-state index contributed by atoms with van der Waals surface area (Å²) in [4.78, 5) is 12.6. The standard InChI is InChI=1S/C21H24N2O3S/c1-4-5-9-19(15(2)3)23-21(24)17-13-11-16(12-14-17)18-8-6-7-10-20(18)27(22,25)26/h5-14H,4H2,1-3H3,(H,23,24)(H2,22,25,26)/b9-5-. The van der Waals surface area contributed by atoms with Crippen molar-refractivity contribution in [1.29, 1.82) is 0 Å². The highest BCUT2D eigenvalue weighted by Crippen LogP contribution is 2.26. The fourth-order valence-electron chi connectivity index (χ4n) is 2.52. The van der Waals surface area contributed by atoms with E-state index < -0.39 is 10.0 Å². The van der Waals surface area contributed by atoms with Crippen LogP contribution in [0.25, 0.3) is 11.1 Å². The number of rotatable bonds is 6. The van der Waals surface area contributed by atoms with Gasteiger partial charge in [0, 0.05) is 16.8 Å². The second kappa shape index (κ2) is 8.79. The minimum atomic E-state index is -3.84. The smallest absolute Gasteiger partial charge is 0.255 e. The van der Waals surface area contributed by atoms with Crippen molar-refractivity contribution >= 4 is 15.9 Å². The van der Waals surface area contributed by atoms with Gasteiger partial charge in [0.1, 0.15) is 0 Å². The maximum absolute atomic E-state index is 12.5. The van der Waals surface area contributed by atoms with Crippen LogP contribution in [-0.2, 0) is 10.0 Å². The van der Waals surface area contributed by atoms with Crippen LogP contribution in [0.4, 0.5) is 0 Å². The number of allylic oxidation sites excluding steroid dienone is 3. The van der Waals surface area contributed by atoms with Gasteiger partial charge < -0.3 is 5.32 Å². The Morgan fingerprint density at radius 1 is 1.07 bits per heavy atom. The number of nitrogens with one attached hydrogen (secondary N) is 1. The van der Waals surface area contributed by atoms with Gasteiger partial charge in [-0.3, -0.25) is 4.79 Å². The summed E-state index contributed by atoms with van der Waals surface area (Å²) in [5.41, 5.74) is 3.43. The van der Waals surface area contributed by atoms with E-state index in [4.69, 9.17) is 5.14 Å². The van der Waals surface area contributed by atoms with E-state index in [0.29, 0.717) is 16.7 Å². The highest BCUT2D eigenvalue weighted by atomic mass is 32.2. The number of nitrogens with two attached hydrogens (primary N) is 1. The van der Waals surface area contributed by atoms with Crippen LogP contribution >= 0.6 is 0 Å². The Labute approximate surface area is 160 Å². The molecule has 0 heterocycles. The number of amides is 1. The molecule has 0 radical (unpaired) electrons. The van der Waals surface area contributed by atoms with Crippen molar-refractivity contribution in [2.75, 3.05) is 0 Å². The summed E-state index contributed by atoms with van der Waals surface area (Å²) in [5.74, 6) is -0.224. The lowest BCUT2D eigenvalue weighted by Crippen LogP contribution is -2.22. The lowest BCUT2D eigenvalue weighted by atomic mass is 10.0. The second-order valence-electron chi connectivity index (χ2n) is 6.30. The molecule has 0 aliphatic heterocycles. The number of benzene rings is 2. The maximum atomic E-state index is 12.5. The van der Waals surface area contributed by atoms with Crippen LogP contribution in [0.15, 0.2) is 76.8 Å². The zero-order chi connectivity index (χ0) is 20.0. The van der Waals surface area contributed by atoms with E-state index in [1.807, 2.05) is 32.9 Å². The Hall–Kier alpha value is -2.70. The highest BCUT2D eigenvalue weighted by molar-refractivity contribution is 7.89. The van der Waals surface area contributed by atoms with Gasteiger partial charge >= 0.3 is 0 Å². The summed E-state index contributed by atoms with van der Waals surface area (Å²) in [6, 6.07) is 13.3. The summed E-state index contributed by atoms with van der Waals surface area (Å²) in [7, 11) is -3.84. The first-order valence-electron chi connectivity index (χ1n) is 8.61. The molecular formula is C21H24N2O3S. The topological polar surface area (TPSA) is 89.3 Å². The Morgan fingerprint density at radius 2 is 1.70 bits per heavy atom. The molecule has 0 aromatic heterocycles. The summed E-state index contributed by atoms with van der Waals surface area (Å²) in [5, 5.41) is 8.19. The van der Waals surface area contributed by atoms with E-state index in [-0.39, 0.29) is 10.8 Å². The minimum absolute atomic E-state index is 0.0544. The number of carbonyl (C=O) groups is 1. The molecule has 0 saturated heterocycles. The summed E-state index contributed by atoms with van der Waals surface area (Å²) in [6.07, 6.45) is 4.75. The predicted octanol–water partition coefficient (Wildman–Crippen LogP) is 3.99. The van der Waals surface area contributed by atoms with E-state index in [1.54, 1.807) is 42.5 Å². The summed E-state index contributed by atoms with van der Waals surface area (Å²) in [6.45, 7) is 5.89. The Bertz CT molecular complexity index is 984. The lowest BCUT2D eigenvalue weighted by molar-refractivity contribution is 0.0966. The molecule has 2 rings (SSSR count). The third kappa shape index (κ3) is 5.39. The van der Waals surface area contributed by atoms with Crippen molar-refractivity contribution in [3.63, 3.8) is 0 Å². The van der Waals surface area contributed by atoms with Crippen molar-refractivity contribution < 1.29 is 13.2 Å². The van der Waals surface area contributed by atoms with E-state index in [1.165, 1.54) is 6.07 Å². The van der Waals surface area contributed by atoms with Crippen molar-refractivity contribution in [2.24, 2.45) is 5.14 Å². The van der Waals surface area contributed by atoms with Crippen LogP contribution in [0, 0.1) is 0 Å². The molecule has 2 aromatic rings. The van der Waals surface area contributed by atoms with Crippen LogP contribution < -0.4 is 10.5 Å². The van der Waals surface area contributed by atoms with Crippen molar-refractivity contribution in [3.8, 4) is 11.1 Å². The van der Waals surface area contributed by atoms with Gasteiger partial charge in [-0.05, 0) is 50.1 Å². The van der Waals surface area contributed by atoms with Gasteiger partial charge in [0.2, 0.25) is 10.0 Å². The van der Waals surface area contributed by atoms with Gasteiger partial charge in [0.05, 0.1) is 4.90 Å². The molecule has 0 fully saturated rings. The van der Waals surface area contributed by atoms with Gasteiger partial charge in [0.15, 0.2) is 0 Å². The average molecular weight is 385 g/mol. The molecule has 0 bridgehead atoms. The molecule has 0 spiro atoms. The third-order valence-corrected chi connectivity index (χ3v) is 4.93. The Morgan fingerprint density at radius 3 is 2.26 bits per heavy atom. The van der Waals surface area contributed by atoms with E-state index >= 15 is 0 Å². The van der Waals surface area contributed by atoms with E-state index in [2.05, 4.69) is 5.32 Å². The highest BCUT2D eigenvalue weighted by Gasteiger charge is 2.15. The van der Waals surface area contributed by atoms with Crippen LogP contribution in [0.5, 0.6) is 0 Å². The zero-order valence-corrected chi connectivity index (χ0v) is 16.5. The molecule has 1 amide bonds. The fourth-order valence-corrected chi connectivity index (χ4v) is 3.28. The monoisotopic (exact) mass is 384 g/mol. The molecule has 0 aliphatic rings. The predicted molar refractivity (Wildman–Crippen MR) is 109 cm³/mol. The van der Waals surface area contributed by atoms with Gasteiger partial charge in [-0.1, -0.05) is 48.9 Å². The van der Waals surface area contributed by atoms with Gasteiger partial charge in [-0.25, -0.2) is 13.6 Å². The molecule has 0 saturated carbocycles. The number of carbonyl (C=O) groups excluding carboxylic acids is 1. The Kier molecular flexibility index (Phi) is 6.71. The largest absolute Gasteiger partial charge is 0.322 e. The van der Waals surface area contributed by atoms with Gasteiger partial charge in [-0.2, -0.15) is 0 Å². The quantitative estimate of drug-likeness (QED) is 0.738. The molecule has 0 atom stereocenters. The SMILES string of the molecule is CC/C=C\C(NC(=O)c1ccc(-c2ccccc2S(N)(=O)=O)cc1)=C(C)C. The second-order valence-corrected chi connectivity index (χ2v) is 7.83. The fraction of sp³-hybridized carbons (Fsp3) is 0.190. The third-order valence-electron chi connectivity index (χ3n) is 3.96. The minimum Gasteiger partial charge on any atom is -0.322 e.